The third-order valence-electron chi connectivity index (χ3n) is 3.73. The third-order valence-corrected chi connectivity index (χ3v) is 3.73. The highest BCUT2D eigenvalue weighted by Crippen LogP contribution is 2.20. The fourth-order valence-electron chi connectivity index (χ4n) is 2.82. The van der Waals surface area contributed by atoms with Crippen molar-refractivity contribution >= 4 is 5.91 Å². The van der Waals surface area contributed by atoms with Crippen molar-refractivity contribution in [1.29, 1.82) is 0 Å². The molecular formula is C14H25N3O2. The van der Waals surface area contributed by atoms with Crippen LogP contribution < -0.4 is 5.73 Å². The number of aliphatic hydroxyl groups is 1. The smallest absolute Gasteiger partial charge is 0.229 e. The van der Waals surface area contributed by atoms with E-state index in [0.717, 1.165) is 32.6 Å². The molecular weight excluding hydrogens is 242 g/mol. The van der Waals surface area contributed by atoms with E-state index in [-0.39, 0.29) is 17.9 Å². The molecule has 0 bridgehead atoms. The molecule has 1 fully saturated rings. The fourth-order valence-corrected chi connectivity index (χ4v) is 2.82. The summed E-state index contributed by atoms with van der Waals surface area (Å²) in [5.74, 6) is 0.169. The molecule has 3 N–H and O–H groups in total. The number of nitrogens with two attached hydrogens (primary N) is 1. The van der Waals surface area contributed by atoms with E-state index in [4.69, 9.17) is 5.73 Å². The van der Waals surface area contributed by atoms with Crippen molar-refractivity contribution in [3.63, 3.8) is 0 Å². The van der Waals surface area contributed by atoms with Crippen LogP contribution in [0.3, 0.4) is 0 Å². The molecule has 5 heteroatoms. The minimum atomic E-state index is -0.673. The van der Waals surface area contributed by atoms with Crippen LogP contribution in [0.1, 0.15) is 20.3 Å². The number of amides is 1. The van der Waals surface area contributed by atoms with Gasteiger partial charge < -0.3 is 15.7 Å². The highest BCUT2D eigenvalue weighted by atomic mass is 16.3. The second-order valence-electron chi connectivity index (χ2n) is 6.30. The first kappa shape index (κ1) is 14.5. The Morgan fingerprint density at radius 3 is 2.42 bits per heavy atom. The Hall–Kier alpha value is -0.910. The highest BCUT2D eigenvalue weighted by Gasteiger charge is 2.30. The molecule has 0 aromatic heterocycles. The summed E-state index contributed by atoms with van der Waals surface area (Å²) in [5.41, 5.74) is 5.12. The van der Waals surface area contributed by atoms with Crippen LogP contribution >= 0.6 is 0 Å². The lowest BCUT2D eigenvalue weighted by Crippen LogP contribution is -2.53. The van der Waals surface area contributed by atoms with E-state index in [0.29, 0.717) is 6.54 Å². The molecule has 1 heterocycles. The van der Waals surface area contributed by atoms with Crippen molar-refractivity contribution in [3.8, 4) is 0 Å². The average molecular weight is 267 g/mol. The Bertz CT molecular complexity index is 354. The predicted molar refractivity (Wildman–Crippen MR) is 74.5 cm³/mol. The van der Waals surface area contributed by atoms with E-state index in [2.05, 4.69) is 4.90 Å². The standard InChI is InChI=1S/C14H25N3O2/c1-14(2,19)10-16-5-7-17(8-6-16)13(18)11-3-4-12(15)9-11/h3-4,11-12,19H,5-10,15H2,1-2H3. The fraction of sp³-hybridized carbons (Fsp3) is 0.786. The zero-order chi connectivity index (χ0) is 14.0. The van der Waals surface area contributed by atoms with Crippen molar-refractivity contribution in [2.45, 2.75) is 31.9 Å². The van der Waals surface area contributed by atoms with Crippen LogP contribution in [0.15, 0.2) is 12.2 Å². The van der Waals surface area contributed by atoms with E-state index >= 15 is 0 Å². The summed E-state index contributed by atoms with van der Waals surface area (Å²) in [6.45, 7) is 7.44. The average Bonchev–Trinajstić information content (AvgIpc) is 2.74. The van der Waals surface area contributed by atoms with Gasteiger partial charge in [-0.05, 0) is 20.3 Å². The minimum absolute atomic E-state index is 0.0316. The number of carbonyl (C=O) groups is 1. The van der Waals surface area contributed by atoms with Gasteiger partial charge in [0.1, 0.15) is 0 Å². The SMILES string of the molecule is CC(C)(O)CN1CCN(C(=O)C2C=CC(N)C2)CC1. The minimum Gasteiger partial charge on any atom is -0.389 e. The number of hydrogen-bond donors (Lipinski definition) is 2. The van der Waals surface area contributed by atoms with Gasteiger partial charge in [0.05, 0.1) is 11.5 Å². The summed E-state index contributed by atoms with van der Waals surface area (Å²) in [5, 5.41) is 9.80. The third kappa shape index (κ3) is 4.03. The van der Waals surface area contributed by atoms with Gasteiger partial charge in [-0.1, -0.05) is 12.2 Å². The Morgan fingerprint density at radius 2 is 1.95 bits per heavy atom. The van der Waals surface area contributed by atoms with Crippen LogP contribution in [0.4, 0.5) is 0 Å². The van der Waals surface area contributed by atoms with Gasteiger partial charge in [0, 0.05) is 38.8 Å². The number of β-amino-alcohol motifs (C(OH)–C–C–N with tert-alkyl or cyclic N) is 1. The normalized spacial score (nSPS) is 28.9. The Kier molecular flexibility index (Phi) is 4.28. The second kappa shape index (κ2) is 5.61. The molecule has 0 aromatic carbocycles. The number of hydrogen-bond acceptors (Lipinski definition) is 4. The lowest BCUT2D eigenvalue weighted by Gasteiger charge is -2.38. The molecule has 2 rings (SSSR count). The first-order valence-corrected chi connectivity index (χ1v) is 7.02. The molecule has 19 heavy (non-hydrogen) atoms. The van der Waals surface area contributed by atoms with Crippen LogP contribution in [-0.2, 0) is 4.79 Å². The molecule has 1 aliphatic carbocycles. The van der Waals surface area contributed by atoms with Crippen LogP contribution in [0, 0.1) is 5.92 Å². The van der Waals surface area contributed by atoms with Gasteiger partial charge in [-0.15, -0.1) is 0 Å². The Morgan fingerprint density at radius 1 is 1.32 bits per heavy atom. The van der Waals surface area contributed by atoms with Gasteiger partial charge in [-0.3, -0.25) is 9.69 Å². The van der Waals surface area contributed by atoms with Gasteiger partial charge in [0.2, 0.25) is 5.91 Å². The van der Waals surface area contributed by atoms with Crippen molar-refractivity contribution in [2.75, 3.05) is 32.7 Å². The van der Waals surface area contributed by atoms with Crippen molar-refractivity contribution in [1.82, 2.24) is 9.80 Å². The molecule has 0 spiro atoms. The van der Waals surface area contributed by atoms with Crippen LogP contribution in [0.5, 0.6) is 0 Å². The Labute approximate surface area is 115 Å². The van der Waals surface area contributed by atoms with Crippen LogP contribution in [-0.4, -0.2) is 65.2 Å². The number of piperazine rings is 1. The van der Waals surface area contributed by atoms with Crippen molar-refractivity contribution in [3.05, 3.63) is 12.2 Å². The highest BCUT2D eigenvalue weighted by molar-refractivity contribution is 5.81. The summed E-state index contributed by atoms with van der Waals surface area (Å²) in [6, 6.07) is 0.0328. The largest absolute Gasteiger partial charge is 0.389 e. The summed E-state index contributed by atoms with van der Waals surface area (Å²) in [4.78, 5) is 16.4. The van der Waals surface area contributed by atoms with Crippen LogP contribution in [0.2, 0.25) is 0 Å². The molecule has 5 nitrogen and oxygen atoms in total. The lowest BCUT2D eigenvalue weighted by molar-refractivity contribution is -0.136. The van der Waals surface area contributed by atoms with E-state index in [9.17, 15) is 9.90 Å². The van der Waals surface area contributed by atoms with Crippen molar-refractivity contribution < 1.29 is 9.90 Å². The molecule has 0 aromatic rings. The maximum absolute atomic E-state index is 12.3. The first-order valence-electron chi connectivity index (χ1n) is 7.02. The number of carbonyl (C=O) groups excluding carboxylic acids is 1. The molecule has 1 saturated heterocycles. The predicted octanol–water partition coefficient (Wildman–Crippen LogP) is -0.195. The van der Waals surface area contributed by atoms with Crippen LogP contribution in [0.25, 0.3) is 0 Å². The van der Waals surface area contributed by atoms with Gasteiger partial charge in [-0.2, -0.15) is 0 Å². The molecule has 108 valence electrons. The van der Waals surface area contributed by atoms with Crippen molar-refractivity contribution in [2.24, 2.45) is 11.7 Å². The lowest BCUT2D eigenvalue weighted by atomic mass is 10.1. The molecule has 0 saturated carbocycles. The summed E-state index contributed by atoms with van der Waals surface area (Å²) < 4.78 is 0. The topological polar surface area (TPSA) is 69.8 Å². The maximum atomic E-state index is 12.3. The molecule has 2 atom stereocenters. The molecule has 2 aliphatic rings. The van der Waals surface area contributed by atoms with E-state index in [1.54, 1.807) is 0 Å². The maximum Gasteiger partial charge on any atom is 0.229 e. The second-order valence-corrected chi connectivity index (χ2v) is 6.30. The zero-order valence-electron chi connectivity index (χ0n) is 11.9. The molecule has 0 radical (unpaired) electrons. The summed E-state index contributed by atoms with van der Waals surface area (Å²) >= 11 is 0. The molecule has 2 unspecified atom stereocenters. The monoisotopic (exact) mass is 267 g/mol. The number of nitrogens with zero attached hydrogens (tertiary/aromatic N) is 2. The quantitative estimate of drug-likeness (QED) is 0.695. The molecule has 1 aliphatic heterocycles. The zero-order valence-corrected chi connectivity index (χ0v) is 11.9. The van der Waals surface area contributed by atoms with Gasteiger partial charge in [0.25, 0.3) is 0 Å². The van der Waals surface area contributed by atoms with Gasteiger partial charge in [-0.25, -0.2) is 0 Å². The van der Waals surface area contributed by atoms with Gasteiger partial charge in [0.15, 0.2) is 0 Å². The van der Waals surface area contributed by atoms with E-state index in [1.165, 1.54) is 0 Å². The molecule has 1 amide bonds. The summed E-state index contributed by atoms with van der Waals surface area (Å²) in [7, 11) is 0. The number of rotatable bonds is 3. The van der Waals surface area contributed by atoms with E-state index < -0.39 is 5.60 Å². The first-order chi connectivity index (χ1) is 8.85. The van der Waals surface area contributed by atoms with Gasteiger partial charge >= 0.3 is 0 Å². The van der Waals surface area contributed by atoms with E-state index in [1.807, 2.05) is 30.9 Å². The summed E-state index contributed by atoms with van der Waals surface area (Å²) in [6.07, 6.45) is 4.60. The Balaban J connectivity index is 1.80.